The summed E-state index contributed by atoms with van der Waals surface area (Å²) in [5.74, 6) is 0.796. The normalized spacial score (nSPS) is 14.9. The zero-order chi connectivity index (χ0) is 26.6. The van der Waals surface area contributed by atoms with Crippen molar-refractivity contribution in [1.29, 1.82) is 0 Å². The molecule has 1 atom stereocenters. The van der Waals surface area contributed by atoms with Gasteiger partial charge in [-0.3, -0.25) is 4.79 Å². The van der Waals surface area contributed by atoms with Crippen LogP contribution >= 0.6 is 34.8 Å². The lowest BCUT2D eigenvalue weighted by Crippen LogP contribution is -2.37. The van der Waals surface area contributed by atoms with E-state index in [2.05, 4.69) is 0 Å². The number of carbonyl (C=O) groups is 1. The number of hydrogen-bond acceptors (Lipinski definition) is 5. The van der Waals surface area contributed by atoms with Crippen LogP contribution in [0.3, 0.4) is 0 Å². The number of carbonyl (C=O) groups excluding carboxylic acids is 1. The molecule has 5 rings (SSSR count). The zero-order valence-corrected chi connectivity index (χ0v) is 22.8. The molecule has 0 amide bonds. The number of Topliss-reactive ketones (excluding diaryl/α,β-unsaturated/α-hetero) is 1. The summed E-state index contributed by atoms with van der Waals surface area (Å²) in [4.78, 5) is 14.8. The summed E-state index contributed by atoms with van der Waals surface area (Å²) in [6.45, 7) is 2.23. The predicted octanol–water partition coefficient (Wildman–Crippen LogP) is 8.15. The monoisotopic (exact) mass is 563 g/mol. The first-order chi connectivity index (χ1) is 18.4. The Morgan fingerprint density at radius 3 is 2.26 bits per heavy atom. The third-order valence-electron chi connectivity index (χ3n) is 6.19. The number of rotatable bonds is 8. The van der Waals surface area contributed by atoms with Crippen LogP contribution in [0.25, 0.3) is 0 Å². The lowest BCUT2D eigenvalue weighted by atomic mass is 10.1. The molecular formula is C30H24Cl3N3O2. The summed E-state index contributed by atoms with van der Waals surface area (Å²) in [5.41, 5.74) is 3.42. The molecule has 4 aromatic rings. The number of nitrogens with zero attached hydrogens (tertiary/aromatic N) is 3. The second-order valence-corrected chi connectivity index (χ2v) is 10.1. The second kappa shape index (κ2) is 11.5. The van der Waals surface area contributed by atoms with Gasteiger partial charge in [0, 0.05) is 39.7 Å². The van der Waals surface area contributed by atoms with Gasteiger partial charge in [-0.25, -0.2) is 5.01 Å². The van der Waals surface area contributed by atoms with Crippen LogP contribution in [-0.2, 0) is 17.9 Å². The highest BCUT2D eigenvalue weighted by Crippen LogP contribution is 2.42. The van der Waals surface area contributed by atoms with Crippen molar-refractivity contribution in [3.05, 3.63) is 129 Å². The molecule has 1 aliphatic rings. The van der Waals surface area contributed by atoms with Crippen LogP contribution in [0.5, 0.6) is 5.75 Å². The van der Waals surface area contributed by atoms with Crippen molar-refractivity contribution < 1.29 is 9.53 Å². The van der Waals surface area contributed by atoms with Crippen molar-refractivity contribution in [2.75, 3.05) is 5.01 Å². The van der Waals surface area contributed by atoms with Gasteiger partial charge in [0.1, 0.15) is 12.4 Å². The van der Waals surface area contributed by atoms with Crippen LogP contribution < -0.4 is 9.75 Å². The first-order valence-electron chi connectivity index (χ1n) is 12.0. The summed E-state index contributed by atoms with van der Waals surface area (Å²) in [7, 11) is 0. The summed E-state index contributed by atoms with van der Waals surface area (Å²) in [6, 6.07) is 30.3. The number of amidine groups is 1. The molecule has 1 unspecified atom stereocenters. The fourth-order valence-corrected chi connectivity index (χ4v) is 4.89. The number of ether oxygens (including phenoxy) is 1. The van der Waals surface area contributed by atoms with E-state index in [4.69, 9.17) is 44.6 Å². The van der Waals surface area contributed by atoms with Gasteiger partial charge < -0.3 is 9.64 Å². The fourth-order valence-electron chi connectivity index (χ4n) is 4.39. The third-order valence-corrected chi connectivity index (χ3v) is 7.05. The average Bonchev–Trinajstić information content (AvgIpc) is 3.29. The van der Waals surface area contributed by atoms with Crippen LogP contribution in [0, 0.1) is 0 Å². The molecule has 8 heteroatoms. The minimum atomic E-state index is -0.518. The highest BCUT2D eigenvalue weighted by Gasteiger charge is 2.39. The third kappa shape index (κ3) is 5.65. The number of halogens is 3. The summed E-state index contributed by atoms with van der Waals surface area (Å²) in [5, 5.41) is 8.37. The Balaban J connectivity index is 1.61. The maximum absolute atomic E-state index is 12.9. The average molecular weight is 565 g/mol. The van der Waals surface area contributed by atoms with Crippen molar-refractivity contribution in [2.45, 2.75) is 26.2 Å². The molecule has 1 aliphatic heterocycles. The first kappa shape index (κ1) is 26.1. The van der Waals surface area contributed by atoms with E-state index in [1.807, 2.05) is 88.8 Å². The minimum Gasteiger partial charge on any atom is -0.488 e. The molecule has 4 aromatic carbocycles. The standard InChI is InChI=1S/C30H24Cl3N3O2/c1-20(37)29-34-36(25-14-11-23(31)12-15-25)30(35(29)18-21-7-3-2-4-8-21)26-17-24(32)13-16-28(26)38-19-22-9-5-6-10-27(22)33/h2-17,30H,18-19H2,1H3. The van der Waals surface area contributed by atoms with E-state index in [0.29, 0.717) is 33.2 Å². The number of hydrazone groups is 1. The Bertz CT molecular complexity index is 1480. The van der Waals surface area contributed by atoms with Crippen molar-refractivity contribution in [2.24, 2.45) is 5.10 Å². The van der Waals surface area contributed by atoms with E-state index >= 15 is 0 Å². The van der Waals surface area contributed by atoms with Gasteiger partial charge in [0.05, 0.1) is 5.69 Å². The van der Waals surface area contributed by atoms with Crippen molar-refractivity contribution in [3.63, 3.8) is 0 Å². The van der Waals surface area contributed by atoms with Crippen molar-refractivity contribution in [3.8, 4) is 5.75 Å². The number of benzene rings is 4. The minimum absolute atomic E-state index is 0.150. The van der Waals surface area contributed by atoms with E-state index < -0.39 is 6.17 Å². The largest absolute Gasteiger partial charge is 0.488 e. The molecule has 0 aromatic heterocycles. The number of hydrogen-bond donors (Lipinski definition) is 0. The quantitative estimate of drug-likeness (QED) is 0.217. The molecule has 0 radical (unpaired) electrons. The molecule has 5 nitrogen and oxygen atoms in total. The van der Waals surface area contributed by atoms with Crippen LogP contribution in [-0.4, -0.2) is 16.5 Å². The van der Waals surface area contributed by atoms with E-state index in [1.165, 1.54) is 6.92 Å². The lowest BCUT2D eigenvalue weighted by Gasteiger charge is -2.33. The van der Waals surface area contributed by atoms with Crippen LogP contribution in [0.1, 0.15) is 29.8 Å². The smallest absolute Gasteiger partial charge is 0.196 e. The molecular weight excluding hydrogens is 541 g/mol. The Morgan fingerprint density at radius 1 is 0.868 bits per heavy atom. The molecule has 0 N–H and O–H groups in total. The van der Waals surface area contributed by atoms with Gasteiger partial charge in [-0.2, -0.15) is 0 Å². The Labute approximate surface area is 236 Å². The van der Waals surface area contributed by atoms with Gasteiger partial charge in [-0.1, -0.05) is 83.3 Å². The molecule has 0 fully saturated rings. The molecule has 0 saturated heterocycles. The van der Waals surface area contributed by atoms with E-state index in [-0.39, 0.29) is 12.4 Å². The van der Waals surface area contributed by atoms with Gasteiger partial charge in [0.25, 0.3) is 0 Å². The number of anilines is 1. The first-order valence-corrected chi connectivity index (χ1v) is 13.1. The molecule has 192 valence electrons. The molecule has 1 heterocycles. The highest BCUT2D eigenvalue weighted by atomic mass is 35.5. The maximum atomic E-state index is 12.9. The topological polar surface area (TPSA) is 45.1 Å². The fraction of sp³-hybridized carbons (Fsp3) is 0.133. The van der Waals surface area contributed by atoms with Gasteiger partial charge in [0.15, 0.2) is 17.8 Å². The Kier molecular flexibility index (Phi) is 7.89. The molecule has 38 heavy (non-hydrogen) atoms. The van der Waals surface area contributed by atoms with Crippen molar-refractivity contribution >= 4 is 52.1 Å². The molecule has 0 spiro atoms. The van der Waals surface area contributed by atoms with Gasteiger partial charge in [-0.05, 0) is 54.1 Å². The van der Waals surface area contributed by atoms with Gasteiger partial charge in [0.2, 0.25) is 0 Å². The Morgan fingerprint density at radius 2 is 1.55 bits per heavy atom. The predicted molar refractivity (Wildman–Crippen MR) is 154 cm³/mol. The van der Waals surface area contributed by atoms with Crippen LogP contribution in [0.15, 0.2) is 102 Å². The summed E-state index contributed by atoms with van der Waals surface area (Å²) < 4.78 is 6.32. The van der Waals surface area contributed by atoms with E-state index in [9.17, 15) is 4.79 Å². The summed E-state index contributed by atoms with van der Waals surface area (Å²) in [6.07, 6.45) is -0.518. The van der Waals surface area contributed by atoms with Crippen molar-refractivity contribution in [1.82, 2.24) is 4.90 Å². The highest BCUT2D eigenvalue weighted by molar-refractivity contribution is 6.38. The molecule has 0 bridgehead atoms. The second-order valence-electron chi connectivity index (χ2n) is 8.85. The van der Waals surface area contributed by atoms with E-state index in [1.54, 1.807) is 18.2 Å². The Hall–Kier alpha value is -3.51. The lowest BCUT2D eigenvalue weighted by molar-refractivity contribution is -0.111. The molecule has 0 aliphatic carbocycles. The summed E-state index contributed by atoms with van der Waals surface area (Å²) >= 11 is 19.1. The van der Waals surface area contributed by atoms with Crippen LogP contribution in [0.2, 0.25) is 15.1 Å². The maximum Gasteiger partial charge on any atom is 0.196 e. The van der Waals surface area contributed by atoms with Gasteiger partial charge in [-0.15, -0.1) is 5.10 Å². The molecule has 0 saturated carbocycles. The SMILES string of the molecule is CC(=O)C1=NN(c2ccc(Cl)cc2)C(c2cc(Cl)ccc2OCc2ccccc2Cl)N1Cc1ccccc1. The van der Waals surface area contributed by atoms with Gasteiger partial charge >= 0.3 is 0 Å². The van der Waals surface area contributed by atoms with Crippen LogP contribution in [0.4, 0.5) is 5.69 Å². The van der Waals surface area contributed by atoms with E-state index in [0.717, 1.165) is 22.4 Å². The number of ketones is 1. The zero-order valence-electron chi connectivity index (χ0n) is 20.5.